The summed E-state index contributed by atoms with van der Waals surface area (Å²) in [5, 5.41) is 59.0. The molecule has 0 aliphatic carbocycles. The van der Waals surface area contributed by atoms with E-state index in [2.05, 4.69) is 0 Å². The van der Waals surface area contributed by atoms with Crippen LogP contribution in [-0.2, 0) is 16.8 Å². The largest absolute Gasteiger partial charge is 3.00 e. The van der Waals surface area contributed by atoms with E-state index in [1.165, 1.54) is 0 Å². The molecule has 110 valence electrons. The molecule has 0 saturated heterocycles. The Kier molecular flexibility index (Phi) is 58.8. The average Bonchev–Trinajstić information content (AvgIpc) is 1.76. The predicted molar refractivity (Wildman–Crippen MR) is 47.4 cm³/mol. The maximum absolute atomic E-state index is 8.25. The quantitative estimate of drug-likeness (QED) is 0.431. The molecule has 0 bridgehead atoms. The first-order valence-electron chi connectivity index (χ1n) is 2.19. The molecule has 0 aromatic heterocycles. The molecule has 0 atom stereocenters. The van der Waals surface area contributed by atoms with Gasteiger partial charge in [0.2, 0.25) is 0 Å². The van der Waals surface area contributed by atoms with Gasteiger partial charge in [0.05, 0.1) is 20.3 Å². The zero-order valence-corrected chi connectivity index (χ0v) is 9.06. The Labute approximate surface area is 105 Å². The van der Waals surface area contributed by atoms with Crippen molar-refractivity contribution in [1.82, 2.24) is 6.15 Å². The van der Waals surface area contributed by atoms with Crippen LogP contribution in [0.1, 0.15) is 0 Å². The van der Waals surface area contributed by atoms with Gasteiger partial charge in [-0.15, -0.1) is 0 Å². The number of rotatable bonds is 0. The third-order valence-electron chi connectivity index (χ3n) is 0. The molecule has 0 saturated carbocycles. The van der Waals surface area contributed by atoms with Crippen LogP contribution < -0.4 is 6.15 Å². The summed E-state index contributed by atoms with van der Waals surface area (Å²) in [6.07, 6.45) is 0. The van der Waals surface area contributed by atoms with Crippen LogP contribution in [-0.4, -0.2) is 20.3 Å². The minimum Gasteiger partial charge on any atom is -0.369 e. The zero-order valence-electron chi connectivity index (χ0n) is 8.02. The van der Waals surface area contributed by atoms with Crippen LogP contribution in [0.5, 0.6) is 0 Å². The van der Waals surface area contributed by atoms with Gasteiger partial charge in [0.25, 0.3) is 0 Å². The van der Waals surface area contributed by atoms with E-state index in [-0.39, 0.29) is 22.9 Å². The van der Waals surface area contributed by atoms with Crippen molar-refractivity contribution in [1.29, 1.82) is 0 Å². The van der Waals surface area contributed by atoms with Gasteiger partial charge < -0.3 is 67.4 Å². The SMILES string of the molecule is O=[N+]([O-])[O-].O=[N+]([O-])[O-].O=[N+]([O-])[O-].O=[N+]([O-])[O-].[Co+3].[NH4+]. The molecule has 0 aliphatic heterocycles. The van der Waals surface area contributed by atoms with Gasteiger partial charge in [-0.25, -0.2) is 0 Å². The summed E-state index contributed by atoms with van der Waals surface area (Å²) in [4.78, 5) is 33.0. The minimum atomic E-state index is -1.75. The van der Waals surface area contributed by atoms with Crippen LogP contribution in [0.3, 0.4) is 0 Å². The second-order valence-electron chi connectivity index (χ2n) is 0.894. The van der Waals surface area contributed by atoms with Gasteiger partial charge in [-0.3, -0.25) is 0 Å². The van der Waals surface area contributed by atoms with Crippen molar-refractivity contribution in [3.8, 4) is 0 Å². The van der Waals surface area contributed by atoms with Gasteiger partial charge in [0, 0.05) is 0 Å². The van der Waals surface area contributed by atoms with Crippen LogP contribution in [0.4, 0.5) is 0 Å². The summed E-state index contributed by atoms with van der Waals surface area (Å²) >= 11 is 0. The van der Waals surface area contributed by atoms with E-state index in [1.54, 1.807) is 0 Å². The van der Waals surface area contributed by atoms with Crippen LogP contribution >= 0.6 is 0 Å². The van der Waals surface area contributed by atoms with Crippen LogP contribution in [0.15, 0.2) is 0 Å². The third kappa shape index (κ3) is 267. The molecule has 0 amide bonds. The second kappa shape index (κ2) is 29.2. The third-order valence-corrected chi connectivity index (χ3v) is 0. The fraction of sp³-hybridized carbons (Fsp3) is 0. The van der Waals surface area contributed by atoms with Crippen LogP contribution in [0, 0.1) is 61.3 Å². The Morgan fingerprint density at radius 1 is 0.444 bits per heavy atom. The molecular formula is H4CoN5O12. The van der Waals surface area contributed by atoms with E-state index >= 15 is 0 Å². The molecule has 18 heavy (non-hydrogen) atoms. The molecule has 0 aliphatic rings. The van der Waals surface area contributed by atoms with E-state index in [1.807, 2.05) is 0 Å². The van der Waals surface area contributed by atoms with Gasteiger partial charge in [0.1, 0.15) is 0 Å². The van der Waals surface area contributed by atoms with Gasteiger partial charge in [-0.05, 0) is 0 Å². The second-order valence-corrected chi connectivity index (χ2v) is 0.894. The zero-order chi connectivity index (χ0) is 14.3. The molecule has 0 aromatic carbocycles. The van der Waals surface area contributed by atoms with Crippen LogP contribution in [0.25, 0.3) is 0 Å². The maximum atomic E-state index is 8.25. The summed E-state index contributed by atoms with van der Waals surface area (Å²) in [5.74, 6) is 0. The van der Waals surface area contributed by atoms with Gasteiger partial charge in [-0.2, -0.15) is 0 Å². The van der Waals surface area contributed by atoms with E-state index in [0.29, 0.717) is 0 Å². The van der Waals surface area contributed by atoms with Crippen molar-refractivity contribution in [3.63, 3.8) is 0 Å². The molecule has 0 rings (SSSR count). The fourth-order valence-corrected chi connectivity index (χ4v) is 0. The Hall–Kier alpha value is -2.73. The average molecular weight is 325 g/mol. The fourth-order valence-electron chi connectivity index (χ4n) is 0. The molecule has 18 heteroatoms. The predicted octanol–water partition coefficient (Wildman–Crippen LogP) is -0.583. The summed E-state index contributed by atoms with van der Waals surface area (Å²) in [5.41, 5.74) is 0. The van der Waals surface area contributed by atoms with Crippen molar-refractivity contribution < 1.29 is 37.1 Å². The smallest absolute Gasteiger partial charge is 0.369 e. The van der Waals surface area contributed by atoms with E-state index in [9.17, 15) is 0 Å². The van der Waals surface area contributed by atoms with Gasteiger partial charge in [-0.1, -0.05) is 0 Å². The molecular weight excluding hydrogens is 321 g/mol. The van der Waals surface area contributed by atoms with Crippen molar-refractivity contribution >= 4 is 0 Å². The maximum Gasteiger partial charge on any atom is 3.00 e. The number of nitrogens with zero attached hydrogens (tertiary/aromatic N) is 4. The Morgan fingerprint density at radius 3 is 0.444 bits per heavy atom. The monoisotopic (exact) mass is 325 g/mol. The summed E-state index contributed by atoms with van der Waals surface area (Å²) < 4.78 is 0. The van der Waals surface area contributed by atoms with Crippen molar-refractivity contribution in [3.05, 3.63) is 61.3 Å². The minimum absolute atomic E-state index is 0. The molecule has 0 radical (unpaired) electrons. The molecule has 4 N–H and O–H groups in total. The first-order valence-corrected chi connectivity index (χ1v) is 2.19. The number of hydrogen-bond acceptors (Lipinski definition) is 12. The molecule has 0 spiro atoms. The number of quaternary nitrogens is 1. The molecule has 0 unspecified atom stereocenters. The Bertz CT molecular complexity index is 161. The summed E-state index contributed by atoms with van der Waals surface area (Å²) in [6.45, 7) is 0. The summed E-state index contributed by atoms with van der Waals surface area (Å²) in [6, 6.07) is 0. The molecule has 17 nitrogen and oxygen atoms in total. The first-order chi connectivity index (χ1) is 6.93. The topological polar surface area (TPSA) is 301 Å². The first kappa shape index (κ1) is 36.2. The standard InChI is InChI=1S/Co.4NO3.H3N/c;4*2-1(3)4;/h;;;;;1H3/q+3;4*-1;/p+1. The van der Waals surface area contributed by atoms with E-state index in [4.69, 9.17) is 61.3 Å². The molecule has 0 fully saturated rings. The van der Waals surface area contributed by atoms with Crippen molar-refractivity contribution in [2.45, 2.75) is 0 Å². The molecule has 0 heterocycles. The summed E-state index contributed by atoms with van der Waals surface area (Å²) in [7, 11) is 0. The van der Waals surface area contributed by atoms with Crippen LogP contribution in [0.2, 0.25) is 0 Å². The van der Waals surface area contributed by atoms with Gasteiger partial charge in [0.15, 0.2) is 0 Å². The number of hydrogen-bond donors (Lipinski definition) is 1. The Morgan fingerprint density at radius 2 is 0.444 bits per heavy atom. The van der Waals surface area contributed by atoms with Gasteiger partial charge >= 0.3 is 16.8 Å². The Balaban J connectivity index is -0.0000000257. The van der Waals surface area contributed by atoms with E-state index in [0.717, 1.165) is 0 Å². The van der Waals surface area contributed by atoms with E-state index < -0.39 is 20.3 Å². The molecule has 0 aromatic rings. The van der Waals surface area contributed by atoms with Crippen molar-refractivity contribution in [2.24, 2.45) is 0 Å². The van der Waals surface area contributed by atoms with Crippen molar-refractivity contribution in [2.75, 3.05) is 0 Å². The normalized spacial score (nSPS) is 5.33.